The number of nitriles is 1. The lowest BCUT2D eigenvalue weighted by molar-refractivity contribution is -0.420. The number of carbonyl (C=O) groups is 2. The monoisotopic (exact) mass is 581 g/mol. The maximum Gasteiger partial charge on any atom is 0.352 e. The topological polar surface area (TPSA) is 269 Å². The van der Waals surface area contributed by atoms with Gasteiger partial charge in [-0.05, 0) is 30.7 Å². The van der Waals surface area contributed by atoms with E-state index in [9.17, 15) is 30.1 Å². The van der Waals surface area contributed by atoms with Crippen LogP contribution in [0.5, 0.6) is 11.5 Å². The molecule has 0 aliphatic carbocycles. The number of carboxylic acids is 2. The fraction of sp³-hybridized carbons (Fsp3) is 0.240. The molecule has 2 aromatic rings. The lowest BCUT2D eigenvalue weighted by atomic mass is 9.94. The van der Waals surface area contributed by atoms with Gasteiger partial charge < -0.3 is 36.1 Å². The highest BCUT2D eigenvalue weighted by Gasteiger charge is 2.45. The molecule has 0 aromatic heterocycles. The third kappa shape index (κ3) is 7.19. The van der Waals surface area contributed by atoms with E-state index in [1.165, 1.54) is 36.4 Å². The number of allylic oxidation sites excluding steroid dienone is 1. The Morgan fingerprint density at radius 1 is 1.24 bits per heavy atom. The molecule has 0 saturated carbocycles. The van der Waals surface area contributed by atoms with Crippen molar-refractivity contribution in [3.05, 3.63) is 69.7 Å². The first-order valence-electron chi connectivity index (χ1n) is 12.0. The van der Waals surface area contributed by atoms with E-state index in [2.05, 4.69) is 9.98 Å². The molecule has 2 unspecified atom stereocenters. The number of aliphatic imine (C=N–C) groups is 2. The SMILES string of the molecule is CN(C)c1cc(OC2=C([N+](=O)[O-])C(C(CCC(=O)O)C(=O)O)=NC(Oc3cccc(N=C(N)N)c3)N2N)ccc1C#N. The van der Waals surface area contributed by atoms with E-state index in [4.69, 9.17) is 31.9 Å². The van der Waals surface area contributed by atoms with Gasteiger partial charge in [0.1, 0.15) is 29.2 Å². The first-order chi connectivity index (χ1) is 19.8. The second-order valence-corrected chi connectivity index (χ2v) is 8.92. The summed E-state index contributed by atoms with van der Waals surface area (Å²) in [5.41, 5.74) is 10.3. The van der Waals surface area contributed by atoms with Crippen molar-refractivity contribution in [3.63, 3.8) is 0 Å². The van der Waals surface area contributed by atoms with E-state index in [1.807, 2.05) is 6.07 Å². The molecular formula is C25H27N9O8. The lowest BCUT2D eigenvalue weighted by Crippen LogP contribution is -2.50. The third-order valence-electron chi connectivity index (χ3n) is 5.73. The molecule has 42 heavy (non-hydrogen) atoms. The quantitative estimate of drug-likeness (QED) is 0.0766. The van der Waals surface area contributed by atoms with Gasteiger partial charge in [0.2, 0.25) is 0 Å². The molecule has 220 valence electrons. The predicted molar refractivity (Wildman–Crippen MR) is 148 cm³/mol. The molecule has 2 atom stereocenters. The van der Waals surface area contributed by atoms with Crippen LogP contribution in [0.15, 0.2) is 64.0 Å². The summed E-state index contributed by atoms with van der Waals surface area (Å²) in [6.45, 7) is 0. The van der Waals surface area contributed by atoms with Crippen LogP contribution >= 0.6 is 0 Å². The molecule has 1 aliphatic heterocycles. The van der Waals surface area contributed by atoms with Crippen molar-refractivity contribution in [1.82, 2.24) is 5.01 Å². The van der Waals surface area contributed by atoms with Gasteiger partial charge in [-0.1, -0.05) is 6.07 Å². The molecule has 17 nitrogen and oxygen atoms in total. The molecule has 2 aromatic carbocycles. The fourth-order valence-corrected chi connectivity index (χ4v) is 3.88. The average Bonchev–Trinajstić information content (AvgIpc) is 2.90. The number of hydrazine groups is 1. The average molecular weight is 582 g/mol. The Labute approximate surface area is 238 Å². The number of anilines is 1. The molecule has 3 rings (SSSR count). The summed E-state index contributed by atoms with van der Waals surface area (Å²) in [5.74, 6) is 0.811. The first kappa shape index (κ1) is 30.6. The standard InChI is InChI=1S/C25H27N9O8/c1-32(2)18-11-16(7-6-13(18)12-26)41-22-21(34(39)40)20(17(23(37)38)8-9-19(35)36)31-25(33(22)29)42-15-5-3-4-14(10-15)30-24(27)28/h3-7,10-11,17,25H,8-9,29H2,1-2H3,(H,35,36)(H,37,38)(H4,27,28,30). The Bertz CT molecular complexity index is 1530. The fourth-order valence-electron chi connectivity index (χ4n) is 3.88. The van der Waals surface area contributed by atoms with Crippen LogP contribution in [-0.4, -0.2) is 64.2 Å². The second kappa shape index (κ2) is 13.0. The van der Waals surface area contributed by atoms with Crippen molar-refractivity contribution in [2.24, 2.45) is 33.2 Å². The maximum absolute atomic E-state index is 12.3. The van der Waals surface area contributed by atoms with E-state index in [1.54, 1.807) is 25.1 Å². The molecule has 1 heterocycles. The second-order valence-electron chi connectivity index (χ2n) is 8.92. The van der Waals surface area contributed by atoms with Crippen molar-refractivity contribution in [2.75, 3.05) is 19.0 Å². The first-order valence-corrected chi connectivity index (χ1v) is 12.0. The highest BCUT2D eigenvalue weighted by molar-refractivity contribution is 6.10. The molecule has 8 N–H and O–H groups in total. The molecule has 0 saturated heterocycles. The number of ether oxygens (including phenoxy) is 2. The van der Waals surface area contributed by atoms with Gasteiger partial charge >= 0.3 is 17.6 Å². The maximum atomic E-state index is 12.3. The Kier molecular flexibility index (Phi) is 9.47. The Morgan fingerprint density at radius 3 is 2.52 bits per heavy atom. The van der Waals surface area contributed by atoms with Crippen LogP contribution in [-0.2, 0) is 9.59 Å². The van der Waals surface area contributed by atoms with Crippen molar-refractivity contribution < 1.29 is 34.2 Å². The third-order valence-corrected chi connectivity index (χ3v) is 5.73. The van der Waals surface area contributed by atoms with Crippen LogP contribution in [0.2, 0.25) is 0 Å². The minimum absolute atomic E-state index is 0.00895. The number of rotatable bonds is 12. The number of aliphatic carboxylic acids is 2. The van der Waals surface area contributed by atoms with Gasteiger partial charge in [-0.2, -0.15) is 5.26 Å². The van der Waals surface area contributed by atoms with Crippen LogP contribution in [0.25, 0.3) is 0 Å². The summed E-state index contributed by atoms with van der Waals surface area (Å²) < 4.78 is 11.7. The van der Waals surface area contributed by atoms with Gasteiger partial charge in [0.25, 0.3) is 12.2 Å². The number of nitrogens with two attached hydrogens (primary N) is 3. The molecule has 1 aliphatic rings. The number of nitrogens with zero attached hydrogens (tertiary/aromatic N) is 6. The summed E-state index contributed by atoms with van der Waals surface area (Å²) in [5, 5.41) is 41.5. The predicted octanol–water partition coefficient (Wildman–Crippen LogP) is 0.912. The minimum Gasteiger partial charge on any atom is -0.481 e. The summed E-state index contributed by atoms with van der Waals surface area (Å²) in [4.78, 5) is 44.5. The normalized spacial score (nSPS) is 15.1. The van der Waals surface area contributed by atoms with Gasteiger partial charge in [0.15, 0.2) is 5.96 Å². The van der Waals surface area contributed by atoms with Gasteiger partial charge in [-0.3, -0.25) is 19.7 Å². The van der Waals surface area contributed by atoms with Crippen LogP contribution in [0.4, 0.5) is 11.4 Å². The molecule has 0 fully saturated rings. The van der Waals surface area contributed by atoms with Crippen LogP contribution in [0.3, 0.4) is 0 Å². The van der Waals surface area contributed by atoms with Crippen molar-refractivity contribution in [2.45, 2.75) is 19.2 Å². The smallest absolute Gasteiger partial charge is 0.352 e. The van der Waals surface area contributed by atoms with E-state index in [0.29, 0.717) is 10.7 Å². The lowest BCUT2D eigenvalue weighted by Gasteiger charge is -2.32. The van der Waals surface area contributed by atoms with Crippen LogP contribution in [0, 0.1) is 27.4 Å². The van der Waals surface area contributed by atoms with Crippen molar-refractivity contribution in [1.29, 1.82) is 5.26 Å². The van der Waals surface area contributed by atoms with Crippen LogP contribution < -0.4 is 31.7 Å². The van der Waals surface area contributed by atoms with E-state index >= 15 is 0 Å². The van der Waals surface area contributed by atoms with E-state index in [0.717, 1.165) is 0 Å². The highest BCUT2D eigenvalue weighted by atomic mass is 16.6. The van der Waals surface area contributed by atoms with Gasteiger partial charge in [0.05, 0.1) is 21.9 Å². The number of nitro groups is 1. The zero-order valence-electron chi connectivity index (χ0n) is 22.4. The summed E-state index contributed by atoms with van der Waals surface area (Å²) >= 11 is 0. The van der Waals surface area contributed by atoms with Crippen LogP contribution in [0.1, 0.15) is 18.4 Å². The van der Waals surface area contributed by atoms with Crippen molar-refractivity contribution in [3.8, 4) is 17.6 Å². The number of benzene rings is 2. The number of hydrogen-bond acceptors (Lipinski definition) is 12. The van der Waals surface area contributed by atoms with E-state index < -0.39 is 59.3 Å². The summed E-state index contributed by atoms with van der Waals surface area (Å²) in [7, 11) is 3.34. The van der Waals surface area contributed by atoms with Gasteiger partial charge in [-0.25, -0.2) is 20.8 Å². The number of carboxylic acid groups (broad SMARTS) is 2. The van der Waals surface area contributed by atoms with E-state index in [-0.39, 0.29) is 28.7 Å². The Balaban J connectivity index is 2.18. The Morgan fingerprint density at radius 2 is 1.95 bits per heavy atom. The van der Waals surface area contributed by atoms with Crippen molar-refractivity contribution >= 4 is 35.0 Å². The van der Waals surface area contributed by atoms with Gasteiger partial charge in [0, 0.05) is 32.6 Å². The summed E-state index contributed by atoms with van der Waals surface area (Å²) in [6, 6.07) is 12.2. The molecule has 0 amide bonds. The molecule has 0 bridgehead atoms. The zero-order chi connectivity index (χ0) is 31.1. The highest BCUT2D eigenvalue weighted by Crippen LogP contribution is 2.32. The zero-order valence-corrected chi connectivity index (χ0v) is 22.4. The number of guanidine groups is 1. The Hall–Kier alpha value is -5.89. The molecular weight excluding hydrogens is 554 g/mol. The number of hydrogen-bond donors (Lipinski definition) is 5. The molecule has 0 spiro atoms. The van der Waals surface area contributed by atoms with Gasteiger partial charge in [-0.15, -0.1) is 0 Å². The molecule has 0 radical (unpaired) electrons. The largest absolute Gasteiger partial charge is 0.481 e. The minimum atomic E-state index is -1.74. The molecule has 17 heteroatoms. The summed E-state index contributed by atoms with van der Waals surface area (Å²) in [6.07, 6.45) is -2.78.